The molecule has 3 unspecified atom stereocenters. The number of likely N-dealkylation sites (tertiary alicyclic amines) is 1. The molecule has 0 saturated carbocycles. The maximum absolute atomic E-state index is 12.4. The van der Waals surface area contributed by atoms with Gasteiger partial charge in [-0.3, -0.25) is 9.69 Å². The van der Waals surface area contributed by atoms with E-state index >= 15 is 0 Å². The lowest BCUT2D eigenvalue weighted by molar-refractivity contribution is -0.144. The van der Waals surface area contributed by atoms with Gasteiger partial charge in [-0.25, -0.2) is 0 Å². The summed E-state index contributed by atoms with van der Waals surface area (Å²) in [5, 5.41) is 3.22. The zero-order valence-electron chi connectivity index (χ0n) is 12.4. The quantitative estimate of drug-likeness (QED) is 0.797. The predicted molar refractivity (Wildman–Crippen MR) is 75.1 cm³/mol. The first kappa shape index (κ1) is 14.8. The zero-order chi connectivity index (χ0) is 13.8. The lowest BCUT2D eigenvalue weighted by atomic mass is 10.2. The van der Waals surface area contributed by atoms with Crippen molar-refractivity contribution in [2.24, 2.45) is 0 Å². The summed E-state index contributed by atoms with van der Waals surface area (Å²) in [5.41, 5.74) is 0. The Morgan fingerprint density at radius 2 is 2.00 bits per heavy atom. The normalized spacial score (nSPS) is 32.8. The second kappa shape index (κ2) is 6.68. The molecule has 0 aromatic carbocycles. The number of hydrogen-bond donors (Lipinski definition) is 1. The van der Waals surface area contributed by atoms with Crippen molar-refractivity contribution in [1.29, 1.82) is 0 Å². The highest BCUT2D eigenvalue weighted by Gasteiger charge is 2.30. The fourth-order valence-corrected chi connectivity index (χ4v) is 3.23. The molecule has 110 valence electrons. The third kappa shape index (κ3) is 3.91. The molecular weight excluding hydrogens is 242 g/mol. The third-order valence-corrected chi connectivity index (χ3v) is 4.05. The van der Waals surface area contributed by atoms with E-state index in [1.807, 2.05) is 25.8 Å². The van der Waals surface area contributed by atoms with Gasteiger partial charge in [0, 0.05) is 25.7 Å². The molecule has 2 aliphatic heterocycles. The fourth-order valence-electron chi connectivity index (χ4n) is 3.23. The summed E-state index contributed by atoms with van der Waals surface area (Å²) in [7, 11) is 1.98. The Morgan fingerprint density at radius 1 is 1.32 bits per heavy atom. The number of carbonyl (C=O) groups excluding carboxylic acids is 1. The molecule has 2 fully saturated rings. The van der Waals surface area contributed by atoms with Crippen LogP contribution in [0.2, 0.25) is 0 Å². The van der Waals surface area contributed by atoms with E-state index in [1.165, 1.54) is 12.8 Å². The minimum Gasteiger partial charge on any atom is -0.372 e. The van der Waals surface area contributed by atoms with E-state index in [4.69, 9.17) is 4.74 Å². The highest BCUT2D eigenvalue weighted by Crippen LogP contribution is 2.17. The zero-order valence-corrected chi connectivity index (χ0v) is 12.4. The van der Waals surface area contributed by atoms with Gasteiger partial charge >= 0.3 is 0 Å². The molecule has 2 rings (SSSR count). The first-order valence-corrected chi connectivity index (χ1v) is 7.42. The first-order chi connectivity index (χ1) is 9.10. The fraction of sp³-hybridized carbons (Fsp3) is 0.929. The molecule has 5 heteroatoms. The van der Waals surface area contributed by atoms with Crippen molar-refractivity contribution in [2.45, 2.75) is 44.9 Å². The molecule has 3 atom stereocenters. The summed E-state index contributed by atoms with van der Waals surface area (Å²) >= 11 is 0. The first-order valence-electron chi connectivity index (χ1n) is 7.42. The van der Waals surface area contributed by atoms with Gasteiger partial charge in [0.05, 0.1) is 18.8 Å². The second-order valence-electron chi connectivity index (χ2n) is 5.88. The lowest BCUT2D eigenvalue weighted by Gasteiger charge is -2.36. The van der Waals surface area contributed by atoms with E-state index in [2.05, 4.69) is 10.2 Å². The summed E-state index contributed by atoms with van der Waals surface area (Å²) in [5.74, 6) is 0.255. The molecule has 0 bridgehead atoms. The van der Waals surface area contributed by atoms with Gasteiger partial charge in [-0.15, -0.1) is 0 Å². The Morgan fingerprint density at radius 3 is 2.63 bits per heavy atom. The topological polar surface area (TPSA) is 44.8 Å². The van der Waals surface area contributed by atoms with Crippen molar-refractivity contribution in [3.8, 4) is 0 Å². The molecule has 0 spiro atoms. The summed E-state index contributed by atoms with van der Waals surface area (Å²) in [4.78, 5) is 16.7. The largest absolute Gasteiger partial charge is 0.372 e. The molecule has 1 amide bonds. The molecule has 19 heavy (non-hydrogen) atoms. The molecule has 0 aromatic heterocycles. The Bertz CT molecular complexity index is 301. The van der Waals surface area contributed by atoms with Crippen LogP contribution in [0.4, 0.5) is 0 Å². The minimum absolute atomic E-state index is 0.152. The van der Waals surface area contributed by atoms with Crippen LogP contribution in [0.25, 0.3) is 0 Å². The molecule has 2 aliphatic rings. The molecule has 1 N–H and O–H groups in total. The Hall–Kier alpha value is -0.650. The molecule has 5 nitrogen and oxygen atoms in total. The highest BCUT2D eigenvalue weighted by molar-refractivity contribution is 5.78. The minimum atomic E-state index is 0.152. The molecule has 2 heterocycles. The van der Waals surface area contributed by atoms with Gasteiger partial charge in [0.25, 0.3) is 0 Å². The van der Waals surface area contributed by atoms with Crippen LogP contribution in [0.3, 0.4) is 0 Å². The average Bonchev–Trinajstić information content (AvgIpc) is 2.76. The van der Waals surface area contributed by atoms with Crippen molar-refractivity contribution in [2.75, 3.05) is 39.8 Å². The summed E-state index contributed by atoms with van der Waals surface area (Å²) in [6.07, 6.45) is 2.71. The number of rotatable bonds is 4. The van der Waals surface area contributed by atoms with E-state index < -0.39 is 0 Å². The Kier molecular flexibility index (Phi) is 5.19. The van der Waals surface area contributed by atoms with Crippen molar-refractivity contribution in [3.05, 3.63) is 0 Å². The number of carbonyl (C=O) groups is 1. The monoisotopic (exact) mass is 269 g/mol. The SMILES string of the molecule is CNCC1CCCN1CC(=O)N1CC(C)OC(C)C1. The maximum atomic E-state index is 12.4. The van der Waals surface area contributed by atoms with E-state index in [0.29, 0.717) is 12.6 Å². The number of morpholine rings is 1. The van der Waals surface area contributed by atoms with Gasteiger partial charge in [-0.2, -0.15) is 0 Å². The van der Waals surface area contributed by atoms with Crippen LogP contribution in [-0.2, 0) is 9.53 Å². The smallest absolute Gasteiger partial charge is 0.236 e. The predicted octanol–water partition coefficient (Wildman–Crippen LogP) is 0.306. The van der Waals surface area contributed by atoms with Gasteiger partial charge < -0.3 is 15.0 Å². The number of hydrogen-bond acceptors (Lipinski definition) is 4. The summed E-state index contributed by atoms with van der Waals surface area (Å²) in [6.45, 7) is 8.12. The maximum Gasteiger partial charge on any atom is 0.236 e. The van der Waals surface area contributed by atoms with Crippen LogP contribution in [0, 0.1) is 0 Å². The van der Waals surface area contributed by atoms with Crippen LogP contribution in [0.15, 0.2) is 0 Å². The van der Waals surface area contributed by atoms with Crippen LogP contribution in [0.5, 0.6) is 0 Å². The van der Waals surface area contributed by atoms with Crippen molar-refractivity contribution >= 4 is 5.91 Å². The number of amides is 1. The van der Waals surface area contributed by atoms with E-state index in [1.54, 1.807) is 0 Å². The lowest BCUT2D eigenvalue weighted by Crippen LogP contribution is -2.52. The highest BCUT2D eigenvalue weighted by atomic mass is 16.5. The van der Waals surface area contributed by atoms with E-state index in [9.17, 15) is 4.79 Å². The van der Waals surface area contributed by atoms with Gasteiger partial charge in [0.15, 0.2) is 0 Å². The van der Waals surface area contributed by atoms with E-state index in [-0.39, 0.29) is 18.1 Å². The number of likely N-dealkylation sites (N-methyl/N-ethyl adjacent to an activating group) is 1. The van der Waals surface area contributed by atoms with Gasteiger partial charge in [0.1, 0.15) is 0 Å². The Balaban J connectivity index is 1.86. The molecular formula is C14H27N3O2. The van der Waals surface area contributed by atoms with Crippen molar-refractivity contribution in [1.82, 2.24) is 15.1 Å². The van der Waals surface area contributed by atoms with Crippen LogP contribution < -0.4 is 5.32 Å². The molecule has 0 radical (unpaired) electrons. The molecule has 2 saturated heterocycles. The summed E-state index contributed by atoms with van der Waals surface area (Å²) in [6, 6.07) is 0.518. The van der Waals surface area contributed by atoms with Gasteiger partial charge in [-0.05, 0) is 40.3 Å². The van der Waals surface area contributed by atoms with Crippen molar-refractivity contribution in [3.63, 3.8) is 0 Å². The molecule has 0 aromatic rings. The number of nitrogens with zero attached hydrogens (tertiary/aromatic N) is 2. The Labute approximate surface area is 116 Å². The standard InChI is InChI=1S/C14H27N3O2/c1-11-8-17(9-12(2)19-11)14(18)10-16-6-4-5-13(16)7-15-3/h11-13,15H,4-10H2,1-3H3. The van der Waals surface area contributed by atoms with Gasteiger partial charge in [-0.1, -0.05) is 0 Å². The average molecular weight is 269 g/mol. The third-order valence-electron chi connectivity index (χ3n) is 4.05. The summed E-state index contributed by atoms with van der Waals surface area (Å²) < 4.78 is 5.68. The molecule has 0 aliphatic carbocycles. The van der Waals surface area contributed by atoms with Crippen LogP contribution in [0.1, 0.15) is 26.7 Å². The van der Waals surface area contributed by atoms with Crippen LogP contribution >= 0.6 is 0 Å². The van der Waals surface area contributed by atoms with Crippen LogP contribution in [-0.4, -0.2) is 73.7 Å². The van der Waals surface area contributed by atoms with E-state index in [0.717, 1.165) is 26.2 Å². The number of nitrogens with one attached hydrogen (secondary N) is 1. The van der Waals surface area contributed by atoms with Gasteiger partial charge in [0.2, 0.25) is 5.91 Å². The number of ether oxygens (including phenoxy) is 1. The second-order valence-corrected chi connectivity index (χ2v) is 5.88. The van der Waals surface area contributed by atoms with Crippen molar-refractivity contribution < 1.29 is 9.53 Å².